The van der Waals surface area contributed by atoms with Crippen LogP contribution >= 0.6 is 0 Å². The summed E-state index contributed by atoms with van der Waals surface area (Å²) in [6.07, 6.45) is 7.61. The maximum Gasteiger partial charge on any atom is 0.260 e. The molecule has 0 spiro atoms. The van der Waals surface area contributed by atoms with Crippen LogP contribution in [0.4, 0.5) is 5.82 Å². The van der Waals surface area contributed by atoms with Gasteiger partial charge in [-0.25, -0.2) is 8.42 Å². The highest BCUT2D eigenvalue weighted by atomic mass is 32.2. The summed E-state index contributed by atoms with van der Waals surface area (Å²) < 4.78 is 31.3. The van der Waals surface area contributed by atoms with Crippen LogP contribution in [-0.4, -0.2) is 49.7 Å². The van der Waals surface area contributed by atoms with Crippen molar-refractivity contribution in [3.8, 4) is 5.88 Å². The SMILES string of the molecule is COc1cccc(N2C=C3C=C(CS(C)(=O)=O)c4ccn(C)c(=O)c4C4=C3C2CCN4)n1. The first-order valence-corrected chi connectivity index (χ1v) is 12.4. The average Bonchev–Trinajstić information content (AvgIpc) is 3.06. The Bertz CT molecular complexity index is 1380. The highest BCUT2D eigenvalue weighted by molar-refractivity contribution is 7.91. The van der Waals surface area contributed by atoms with Gasteiger partial charge < -0.3 is 19.5 Å². The molecule has 2 aliphatic heterocycles. The zero-order chi connectivity index (χ0) is 22.6. The molecule has 4 heterocycles. The van der Waals surface area contributed by atoms with Crippen molar-refractivity contribution in [2.75, 3.05) is 30.6 Å². The molecular weight excluding hydrogens is 428 g/mol. The maximum absolute atomic E-state index is 13.3. The Kier molecular flexibility index (Phi) is 4.74. The molecule has 1 atom stereocenters. The summed E-state index contributed by atoms with van der Waals surface area (Å²) in [5.74, 6) is 1.11. The third kappa shape index (κ3) is 3.33. The fraction of sp³-hybridized carbons (Fsp3) is 0.304. The monoisotopic (exact) mass is 452 g/mol. The number of fused-ring (bicyclic) bond motifs is 2. The first-order chi connectivity index (χ1) is 15.3. The third-order valence-electron chi connectivity index (χ3n) is 6.04. The average molecular weight is 453 g/mol. The predicted molar refractivity (Wildman–Crippen MR) is 124 cm³/mol. The van der Waals surface area contributed by atoms with E-state index < -0.39 is 9.84 Å². The zero-order valence-electron chi connectivity index (χ0n) is 18.1. The zero-order valence-corrected chi connectivity index (χ0v) is 18.9. The molecule has 2 aromatic rings. The lowest BCUT2D eigenvalue weighted by atomic mass is 9.92. The van der Waals surface area contributed by atoms with Crippen LogP contribution in [0.2, 0.25) is 0 Å². The Morgan fingerprint density at radius 1 is 1.28 bits per heavy atom. The van der Waals surface area contributed by atoms with Gasteiger partial charge in [0.05, 0.1) is 30.2 Å². The van der Waals surface area contributed by atoms with Crippen LogP contribution in [0.3, 0.4) is 0 Å². The molecule has 1 unspecified atom stereocenters. The van der Waals surface area contributed by atoms with Crippen LogP contribution in [-0.2, 0) is 16.9 Å². The van der Waals surface area contributed by atoms with Crippen LogP contribution in [0.15, 0.2) is 58.7 Å². The maximum atomic E-state index is 13.3. The van der Waals surface area contributed by atoms with Crippen molar-refractivity contribution in [2.24, 2.45) is 7.05 Å². The van der Waals surface area contributed by atoms with E-state index in [0.717, 1.165) is 29.1 Å². The van der Waals surface area contributed by atoms with Gasteiger partial charge in [0.15, 0.2) is 9.84 Å². The number of aromatic nitrogens is 2. The number of hydrogen-bond acceptors (Lipinski definition) is 7. The van der Waals surface area contributed by atoms with Gasteiger partial charge in [-0.1, -0.05) is 6.07 Å². The van der Waals surface area contributed by atoms with Crippen molar-refractivity contribution in [3.05, 3.63) is 75.4 Å². The molecule has 0 amide bonds. The smallest absolute Gasteiger partial charge is 0.260 e. The summed E-state index contributed by atoms with van der Waals surface area (Å²) in [6.45, 7) is 0.685. The first kappa shape index (κ1) is 20.6. The second-order valence-electron chi connectivity index (χ2n) is 8.31. The minimum absolute atomic E-state index is 0.0209. The van der Waals surface area contributed by atoms with Crippen LogP contribution in [0.1, 0.15) is 17.5 Å². The largest absolute Gasteiger partial charge is 0.481 e. The van der Waals surface area contributed by atoms with E-state index in [2.05, 4.69) is 15.2 Å². The molecule has 32 heavy (non-hydrogen) atoms. The summed E-state index contributed by atoms with van der Waals surface area (Å²) in [4.78, 5) is 19.9. The number of aryl methyl sites for hydroxylation is 1. The first-order valence-electron chi connectivity index (χ1n) is 10.3. The summed E-state index contributed by atoms with van der Waals surface area (Å²) in [7, 11) is -0.0318. The number of nitrogens with one attached hydrogen (secondary N) is 1. The van der Waals surface area contributed by atoms with Gasteiger partial charge in [-0.2, -0.15) is 4.98 Å². The molecule has 0 saturated carbocycles. The molecular formula is C23H24N4O4S. The van der Waals surface area contributed by atoms with Crippen molar-refractivity contribution < 1.29 is 13.2 Å². The molecule has 1 aliphatic carbocycles. The molecule has 0 saturated heterocycles. The van der Waals surface area contributed by atoms with Gasteiger partial charge in [0.1, 0.15) is 5.82 Å². The van der Waals surface area contributed by atoms with Crippen molar-refractivity contribution in [1.82, 2.24) is 14.9 Å². The summed E-state index contributed by atoms with van der Waals surface area (Å²) in [6, 6.07) is 7.41. The van der Waals surface area contributed by atoms with Crippen molar-refractivity contribution >= 4 is 26.9 Å². The Balaban J connectivity index is 1.76. The fourth-order valence-corrected chi connectivity index (χ4v) is 5.50. The van der Waals surface area contributed by atoms with Gasteiger partial charge in [-0.05, 0) is 41.3 Å². The van der Waals surface area contributed by atoms with Gasteiger partial charge in [0.25, 0.3) is 5.56 Å². The van der Waals surface area contributed by atoms with E-state index in [1.54, 1.807) is 26.4 Å². The molecule has 0 radical (unpaired) electrons. The van der Waals surface area contributed by atoms with Crippen LogP contribution in [0.25, 0.3) is 11.3 Å². The van der Waals surface area contributed by atoms with E-state index in [9.17, 15) is 13.2 Å². The number of sulfone groups is 1. The molecule has 9 heteroatoms. The molecule has 1 N–H and O–H groups in total. The molecule has 8 nitrogen and oxygen atoms in total. The van der Waals surface area contributed by atoms with E-state index in [1.807, 2.05) is 30.5 Å². The molecule has 3 aliphatic rings. The number of rotatable bonds is 4. The molecule has 0 bridgehead atoms. The Morgan fingerprint density at radius 2 is 2.09 bits per heavy atom. The second-order valence-corrected chi connectivity index (χ2v) is 10.5. The van der Waals surface area contributed by atoms with Crippen LogP contribution < -0.4 is 20.5 Å². The lowest BCUT2D eigenvalue weighted by molar-refractivity contribution is 0.398. The number of pyridine rings is 2. The number of nitrogens with zero attached hydrogens (tertiary/aromatic N) is 3. The third-order valence-corrected chi connectivity index (χ3v) is 6.88. The van der Waals surface area contributed by atoms with Crippen LogP contribution in [0.5, 0.6) is 5.88 Å². The lowest BCUT2D eigenvalue weighted by Gasteiger charge is -2.32. The van der Waals surface area contributed by atoms with E-state index in [1.165, 1.54) is 10.8 Å². The topological polar surface area (TPSA) is 93.5 Å². The number of hydrogen-bond donors (Lipinski definition) is 1. The molecule has 5 rings (SSSR count). The summed E-state index contributed by atoms with van der Waals surface area (Å²) in [5, 5.41) is 3.43. The number of methoxy groups -OCH3 is 1. The van der Waals surface area contributed by atoms with Gasteiger partial charge in [0, 0.05) is 43.9 Å². The molecule has 0 fully saturated rings. The predicted octanol–water partition coefficient (Wildman–Crippen LogP) is 1.71. The second kappa shape index (κ2) is 7.37. The highest BCUT2D eigenvalue weighted by Gasteiger charge is 2.39. The number of ether oxygens (including phenoxy) is 1. The minimum atomic E-state index is -3.32. The van der Waals surface area contributed by atoms with E-state index in [4.69, 9.17) is 4.74 Å². The number of allylic oxidation sites excluding steroid dienone is 1. The van der Waals surface area contributed by atoms with Crippen molar-refractivity contribution in [2.45, 2.75) is 12.5 Å². The lowest BCUT2D eigenvalue weighted by Crippen LogP contribution is -2.39. The Labute approximate surface area is 186 Å². The normalized spacial score (nSPS) is 19.5. The van der Waals surface area contributed by atoms with Crippen molar-refractivity contribution in [3.63, 3.8) is 0 Å². The Hall–Kier alpha value is -3.33. The standard InChI is InChI=1S/C23H24N4O4S/c1-26-10-8-16-15(13-32(3,29)30)11-14-12-27(18-5-4-6-19(25-18)31-2)17-7-9-24-22(20(14)17)21(16)23(26)28/h4-6,8,10-12,17,24H,7,9,13H2,1-3H3. The summed E-state index contributed by atoms with van der Waals surface area (Å²) in [5.41, 5.74) is 4.30. The molecule has 166 valence electrons. The van der Waals surface area contributed by atoms with Gasteiger partial charge >= 0.3 is 0 Å². The van der Waals surface area contributed by atoms with Crippen molar-refractivity contribution in [1.29, 1.82) is 0 Å². The van der Waals surface area contributed by atoms with E-state index in [-0.39, 0.29) is 17.4 Å². The van der Waals surface area contributed by atoms with Gasteiger partial charge in [-0.15, -0.1) is 0 Å². The van der Waals surface area contributed by atoms with Gasteiger partial charge in [0.2, 0.25) is 5.88 Å². The summed E-state index contributed by atoms with van der Waals surface area (Å²) >= 11 is 0. The number of anilines is 1. The molecule has 2 aromatic heterocycles. The minimum Gasteiger partial charge on any atom is -0.481 e. The van der Waals surface area contributed by atoms with Crippen LogP contribution in [0, 0.1) is 0 Å². The quantitative estimate of drug-likeness (QED) is 0.755. The molecule has 0 aromatic carbocycles. The van der Waals surface area contributed by atoms with Gasteiger partial charge in [-0.3, -0.25) is 4.79 Å². The van der Waals surface area contributed by atoms with E-state index in [0.29, 0.717) is 29.1 Å². The van der Waals surface area contributed by atoms with E-state index >= 15 is 0 Å². The fourth-order valence-electron chi connectivity index (χ4n) is 4.70. The highest BCUT2D eigenvalue weighted by Crippen LogP contribution is 2.43. The Morgan fingerprint density at radius 3 is 2.84 bits per heavy atom.